The van der Waals surface area contributed by atoms with Gasteiger partial charge < -0.3 is 14.9 Å². The molecule has 1 aromatic carbocycles. The molecular formula is C19H18F3N3O2. The molecule has 0 amide bonds. The molecular weight excluding hydrogens is 359 g/mol. The number of carboxylic acid groups (broad SMARTS) is 1. The van der Waals surface area contributed by atoms with Crippen molar-refractivity contribution in [2.75, 3.05) is 36.0 Å². The first-order valence-electron chi connectivity index (χ1n) is 8.38. The Morgan fingerprint density at radius 1 is 1.04 bits per heavy atom. The summed E-state index contributed by atoms with van der Waals surface area (Å²) in [5, 5.41) is 8.82. The van der Waals surface area contributed by atoms with Gasteiger partial charge in [-0.3, -0.25) is 0 Å². The van der Waals surface area contributed by atoms with Gasteiger partial charge in [0.05, 0.1) is 5.56 Å². The number of benzene rings is 1. The highest BCUT2D eigenvalue weighted by Crippen LogP contribution is 2.30. The van der Waals surface area contributed by atoms with Crippen LogP contribution in [0.4, 0.5) is 24.7 Å². The highest BCUT2D eigenvalue weighted by atomic mass is 19.4. The SMILES string of the molecule is O=C(O)/C=C/c1ccccc1N1CCN(c2ccc(C(F)(F)F)cn2)CC1. The lowest BCUT2D eigenvalue weighted by atomic mass is 10.1. The lowest BCUT2D eigenvalue weighted by Crippen LogP contribution is -2.47. The zero-order chi connectivity index (χ0) is 19.4. The molecule has 2 heterocycles. The van der Waals surface area contributed by atoms with Crippen LogP contribution in [-0.2, 0) is 11.0 Å². The molecule has 1 fully saturated rings. The largest absolute Gasteiger partial charge is 0.478 e. The maximum atomic E-state index is 12.6. The minimum Gasteiger partial charge on any atom is -0.478 e. The number of aliphatic carboxylic acids is 1. The number of aromatic nitrogens is 1. The van der Waals surface area contributed by atoms with Crippen LogP contribution in [0.15, 0.2) is 48.7 Å². The number of hydrogen-bond donors (Lipinski definition) is 1. The summed E-state index contributed by atoms with van der Waals surface area (Å²) in [5.74, 6) is -0.496. The van der Waals surface area contributed by atoms with Gasteiger partial charge in [0, 0.05) is 44.1 Å². The summed E-state index contributed by atoms with van der Waals surface area (Å²) in [6.07, 6.45) is -0.881. The number of carbonyl (C=O) groups is 1. The smallest absolute Gasteiger partial charge is 0.417 e. The molecule has 0 saturated carbocycles. The van der Waals surface area contributed by atoms with Crippen molar-refractivity contribution in [1.82, 2.24) is 4.98 Å². The molecule has 5 nitrogen and oxygen atoms in total. The number of piperazine rings is 1. The van der Waals surface area contributed by atoms with Crippen molar-refractivity contribution in [3.8, 4) is 0 Å². The van der Waals surface area contributed by atoms with Crippen molar-refractivity contribution in [1.29, 1.82) is 0 Å². The molecule has 1 saturated heterocycles. The Labute approximate surface area is 154 Å². The average molecular weight is 377 g/mol. The van der Waals surface area contributed by atoms with Crippen LogP contribution in [0.1, 0.15) is 11.1 Å². The third-order valence-corrected chi connectivity index (χ3v) is 4.36. The van der Waals surface area contributed by atoms with Gasteiger partial charge in [-0.2, -0.15) is 13.2 Å². The lowest BCUT2D eigenvalue weighted by Gasteiger charge is -2.37. The van der Waals surface area contributed by atoms with Crippen molar-refractivity contribution in [3.63, 3.8) is 0 Å². The molecule has 0 spiro atoms. The Morgan fingerprint density at radius 3 is 2.30 bits per heavy atom. The van der Waals surface area contributed by atoms with E-state index in [1.165, 1.54) is 6.07 Å². The van der Waals surface area contributed by atoms with Crippen molar-refractivity contribution < 1.29 is 23.1 Å². The molecule has 0 aliphatic carbocycles. The second-order valence-corrected chi connectivity index (χ2v) is 6.11. The number of pyridine rings is 1. The highest BCUT2D eigenvalue weighted by molar-refractivity contribution is 5.87. The van der Waals surface area contributed by atoms with Crippen molar-refractivity contribution >= 4 is 23.6 Å². The van der Waals surface area contributed by atoms with E-state index in [0.29, 0.717) is 32.0 Å². The van der Waals surface area contributed by atoms with Gasteiger partial charge in [0.1, 0.15) is 5.82 Å². The van der Waals surface area contributed by atoms with Gasteiger partial charge in [-0.1, -0.05) is 18.2 Å². The number of carboxylic acids is 1. The number of halogens is 3. The third kappa shape index (κ3) is 4.58. The lowest BCUT2D eigenvalue weighted by molar-refractivity contribution is -0.137. The fourth-order valence-electron chi connectivity index (χ4n) is 2.99. The maximum Gasteiger partial charge on any atom is 0.417 e. The summed E-state index contributed by atoms with van der Waals surface area (Å²) >= 11 is 0. The van der Waals surface area contributed by atoms with E-state index < -0.39 is 17.7 Å². The van der Waals surface area contributed by atoms with Gasteiger partial charge in [-0.15, -0.1) is 0 Å². The molecule has 1 aliphatic rings. The topological polar surface area (TPSA) is 56.7 Å². The van der Waals surface area contributed by atoms with Crippen molar-refractivity contribution in [3.05, 3.63) is 59.8 Å². The zero-order valence-corrected chi connectivity index (χ0v) is 14.4. The summed E-state index contributed by atoms with van der Waals surface area (Å²) in [6, 6.07) is 9.93. The van der Waals surface area contributed by atoms with Gasteiger partial charge in [-0.25, -0.2) is 9.78 Å². The highest BCUT2D eigenvalue weighted by Gasteiger charge is 2.31. The summed E-state index contributed by atoms with van der Waals surface area (Å²) in [7, 11) is 0. The second-order valence-electron chi connectivity index (χ2n) is 6.11. The molecule has 1 aromatic heterocycles. The van der Waals surface area contributed by atoms with Crippen molar-refractivity contribution in [2.45, 2.75) is 6.18 Å². The molecule has 8 heteroatoms. The van der Waals surface area contributed by atoms with Gasteiger partial charge >= 0.3 is 12.1 Å². The first kappa shape index (κ1) is 18.8. The molecule has 1 aliphatic heterocycles. The van der Waals surface area contributed by atoms with Crippen LogP contribution < -0.4 is 9.80 Å². The number of rotatable bonds is 4. The van der Waals surface area contributed by atoms with Crippen LogP contribution in [0.3, 0.4) is 0 Å². The molecule has 27 heavy (non-hydrogen) atoms. The van der Waals surface area contributed by atoms with E-state index in [-0.39, 0.29) is 0 Å². The number of hydrogen-bond acceptors (Lipinski definition) is 4. The van der Waals surface area contributed by atoms with E-state index in [0.717, 1.165) is 29.6 Å². The second kappa shape index (κ2) is 7.69. The maximum absolute atomic E-state index is 12.6. The van der Waals surface area contributed by atoms with Gasteiger partial charge in [0.25, 0.3) is 0 Å². The summed E-state index contributed by atoms with van der Waals surface area (Å²) in [6.45, 7) is 2.52. The first-order chi connectivity index (χ1) is 12.8. The molecule has 0 atom stereocenters. The van der Waals surface area contributed by atoms with E-state index in [1.54, 1.807) is 6.08 Å². The number of para-hydroxylation sites is 1. The minimum absolute atomic E-state index is 0.515. The Bertz CT molecular complexity index is 827. The normalized spacial score (nSPS) is 15.4. The van der Waals surface area contributed by atoms with Crippen LogP contribution in [0.25, 0.3) is 6.08 Å². The predicted molar refractivity (Wildman–Crippen MR) is 96.8 cm³/mol. The fraction of sp³-hybridized carbons (Fsp3) is 0.263. The Hall–Kier alpha value is -3.03. The van der Waals surface area contributed by atoms with E-state index in [1.807, 2.05) is 29.2 Å². The third-order valence-electron chi connectivity index (χ3n) is 4.36. The monoisotopic (exact) mass is 377 g/mol. The average Bonchev–Trinajstić information content (AvgIpc) is 2.66. The van der Waals surface area contributed by atoms with Crippen LogP contribution in [0, 0.1) is 0 Å². The van der Waals surface area contributed by atoms with Gasteiger partial charge in [0.2, 0.25) is 0 Å². The number of anilines is 2. The summed E-state index contributed by atoms with van der Waals surface area (Å²) < 4.78 is 37.9. The van der Waals surface area contributed by atoms with Crippen molar-refractivity contribution in [2.24, 2.45) is 0 Å². The standard InChI is InChI=1S/C19H18F3N3O2/c20-19(21,22)15-6-7-17(23-13-15)25-11-9-24(10-12-25)16-4-2-1-3-14(16)5-8-18(26)27/h1-8,13H,9-12H2,(H,26,27)/b8-5+. The number of alkyl halides is 3. The molecule has 0 bridgehead atoms. The van der Waals surface area contributed by atoms with Crippen LogP contribution in [0.5, 0.6) is 0 Å². The fourth-order valence-corrected chi connectivity index (χ4v) is 2.99. The Morgan fingerprint density at radius 2 is 1.70 bits per heavy atom. The zero-order valence-electron chi connectivity index (χ0n) is 14.4. The molecule has 2 aromatic rings. The molecule has 1 N–H and O–H groups in total. The molecule has 3 rings (SSSR count). The Balaban J connectivity index is 1.68. The summed E-state index contributed by atoms with van der Waals surface area (Å²) in [4.78, 5) is 18.8. The van der Waals surface area contributed by atoms with E-state index in [4.69, 9.17) is 5.11 Å². The van der Waals surface area contributed by atoms with Gasteiger partial charge in [-0.05, 0) is 29.8 Å². The first-order valence-corrected chi connectivity index (χ1v) is 8.38. The van der Waals surface area contributed by atoms with Gasteiger partial charge in [0.15, 0.2) is 0 Å². The predicted octanol–water partition coefficient (Wildman–Crippen LogP) is 3.52. The number of nitrogens with zero attached hydrogens (tertiary/aromatic N) is 3. The molecule has 142 valence electrons. The molecule has 0 radical (unpaired) electrons. The quantitative estimate of drug-likeness (QED) is 0.827. The van der Waals surface area contributed by atoms with Crippen LogP contribution in [-0.4, -0.2) is 42.2 Å². The van der Waals surface area contributed by atoms with Crippen LogP contribution in [0.2, 0.25) is 0 Å². The molecule has 0 unspecified atom stereocenters. The van der Waals surface area contributed by atoms with E-state index in [2.05, 4.69) is 9.88 Å². The summed E-state index contributed by atoms with van der Waals surface area (Å²) in [5.41, 5.74) is 0.972. The van der Waals surface area contributed by atoms with E-state index >= 15 is 0 Å². The minimum atomic E-state index is -4.39. The Kier molecular flexibility index (Phi) is 5.34. The van der Waals surface area contributed by atoms with E-state index in [9.17, 15) is 18.0 Å². The van der Waals surface area contributed by atoms with Crippen LogP contribution >= 0.6 is 0 Å².